The maximum Gasteiger partial charge on any atom is 0.336 e. The molecule has 0 fully saturated rings. The van der Waals surface area contributed by atoms with Crippen LogP contribution in [0.3, 0.4) is 0 Å². The van der Waals surface area contributed by atoms with Gasteiger partial charge in [-0.1, -0.05) is 6.07 Å². The van der Waals surface area contributed by atoms with Crippen LogP contribution in [0.25, 0.3) is 0 Å². The van der Waals surface area contributed by atoms with Crippen molar-refractivity contribution in [3.8, 4) is 6.01 Å². The summed E-state index contributed by atoms with van der Waals surface area (Å²) in [5, 5.41) is 5.94. The van der Waals surface area contributed by atoms with E-state index in [0.717, 1.165) is 6.07 Å². The molecule has 2 N–H and O–H groups in total. The monoisotopic (exact) mass is 286 g/mol. The first kappa shape index (κ1) is 13.3. The topological polar surface area (TPSA) is 97.0 Å². The molecular formula is C10H11FN4O3S. The molecule has 0 saturated heterocycles. The molecule has 1 heterocycles. The third-order valence-electron chi connectivity index (χ3n) is 2.32. The number of aromatic nitrogens is 3. The molecule has 0 aliphatic rings. The predicted octanol–water partition coefficient (Wildman–Crippen LogP) is 1.06. The Balaban J connectivity index is 2.34. The molecule has 0 aliphatic heterocycles. The van der Waals surface area contributed by atoms with Crippen molar-refractivity contribution in [3.05, 3.63) is 29.6 Å². The molecule has 19 heavy (non-hydrogen) atoms. The first-order valence-electron chi connectivity index (χ1n) is 5.18. The van der Waals surface area contributed by atoms with Gasteiger partial charge in [0.1, 0.15) is 5.82 Å². The molecular weight excluding hydrogens is 275 g/mol. The van der Waals surface area contributed by atoms with Crippen molar-refractivity contribution in [1.29, 1.82) is 0 Å². The van der Waals surface area contributed by atoms with Gasteiger partial charge in [0, 0.05) is 0 Å². The molecule has 1 aromatic heterocycles. The van der Waals surface area contributed by atoms with E-state index in [1.807, 2.05) is 0 Å². The standard InChI is InChI=1S/C10H11FN4O3S/c1-6-3-4-7(11)5-8(6)19(16,17)15-9-12-10(18-2)14-13-9/h3-5H,1-2H3,(H2,12,13,14,15). The number of halogens is 1. The van der Waals surface area contributed by atoms with Crippen LogP contribution in [0.2, 0.25) is 0 Å². The lowest BCUT2D eigenvalue weighted by Gasteiger charge is -2.07. The quantitative estimate of drug-likeness (QED) is 0.876. The van der Waals surface area contributed by atoms with Gasteiger partial charge in [-0.2, -0.15) is 4.98 Å². The van der Waals surface area contributed by atoms with Crippen LogP contribution in [0.1, 0.15) is 5.56 Å². The normalized spacial score (nSPS) is 11.3. The van der Waals surface area contributed by atoms with E-state index < -0.39 is 15.8 Å². The van der Waals surface area contributed by atoms with Gasteiger partial charge in [0.05, 0.1) is 12.0 Å². The smallest absolute Gasteiger partial charge is 0.336 e. The van der Waals surface area contributed by atoms with Crippen molar-refractivity contribution < 1.29 is 17.5 Å². The lowest BCUT2D eigenvalue weighted by Crippen LogP contribution is -2.15. The fourth-order valence-corrected chi connectivity index (χ4v) is 2.64. The number of aromatic amines is 1. The Hall–Kier alpha value is -2.16. The van der Waals surface area contributed by atoms with Gasteiger partial charge < -0.3 is 4.74 Å². The molecule has 0 radical (unpaired) electrons. The number of hydrogen-bond donors (Lipinski definition) is 2. The Morgan fingerprint density at radius 2 is 2.16 bits per heavy atom. The number of sulfonamides is 1. The molecule has 102 valence electrons. The van der Waals surface area contributed by atoms with E-state index in [4.69, 9.17) is 4.74 Å². The van der Waals surface area contributed by atoms with Crippen molar-refractivity contribution in [1.82, 2.24) is 15.2 Å². The second kappa shape index (κ2) is 4.84. The van der Waals surface area contributed by atoms with Gasteiger partial charge in [-0.15, -0.1) is 5.10 Å². The molecule has 0 bridgehead atoms. The number of hydrogen-bond acceptors (Lipinski definition) is 5. The summed E-state index contributed by atoms with van der Waals surface area (Å²) in [6, 6.07) is 3.50. The third kappa shape index (κ3) is 2.81. The van der Waals surface area contributed by atoms with E-state index in [-0.39, 0.29) is 16.9 Å². The minimum absolute atomic E-state index is 0.00587. The van der Waals surface area contributed by atoms with E-state index in [1.54, 1.807) is 6.92 Å². The number of ether oxygens (including phenoxy) is 1. The number of H-pyrrole nitrogens is 1. The van der Waals surface area contributed by atoms with E-state index >= 15 is 0 Å². The van der Waals surface area contributed by atoms with Crippen LogP contribution in [-0.4, -0.2) is 30.7 Å². The highest BCUT2D eigenvalue weighted by molar-refractivity contribution is 7.92. The number of benzene rings is 1. The van der Waals surface area contributed by atoms with Crippen LogP contribution < -0.4 is 9.46 Å². The molecule has 0 unspecified atom stereocenters. The highest BCUT2D eigenvalue weighted by Crippen LogP contribution is 2.19. The summed E-state index contributed by atoms with van der Waals surface area (Å²) in [4.78, 5) is 3.55. The average Bonchev–Trinajstić information content (AvgIpc) is 2.79. The molecule has 1 aromatic carbocycles. The zero-order valence-electron chi connectivity index (χ0n) is 10.1. The Labute approximate surface area is 108 Å². The Morgan fingerprint density at radius 3 is 2.79 bits per heavy atom. The molecule has 9 heteroatoms. The van der Waals surface area contributed by atoms with Crippen molar-refractivity contribution in [2.75, 3.05) is 11.8 Å². The molecule has 0 atom stereocenters. The first-order chi connectivity index (χ1) is 8.92. The van der Waals surface area contributed by atoms with Crippen LogP contribution in [0.5, 0.6) is 6.01 Å². The number of aryl methyl sites for hydroxylation is 1. The minimum atomic E-state index is -3.94. The summed E-state index contributed by atoms with van der Waals surface area (Å²) in [7, 11) is -2.60. The van der Waals surface area contributed by atoms with E-state index in [2.05, 4.69) is 19.9 Å². The fourth-order valence-electron chi connectivity index (χ4n) is 1.43. The van der Waals surface area contributed by atoms with Crippen molar-refractivity contribution in [3.63, 3.8) is 0 Å². The van der Waals surface area contributed by atoms with Crippen LogP contribution in [0.4, 0.5) is 10.3 Å². The molecule has 7 nitrogen and oxygen atoms in total. The van der Waals surface area contributed by atoms with Crippen molar-refractivity contribution >= 4 is 16.0 Å². The molecule has 2 aromatic rings. The summed E-state index contributed by atoms with van der Waals surface area (Å²) in [5.74, 6) is -0.748. The minimum Gasteiger partial charge on any atom is -0.466 e. The van der Waals surface area contributed by atoms with Gasteiger partial charge in [0.2, 0.25) is 5.95 Å². The largest absolute Gasteiger partial charge is 0.466 e. The number of nitrogens with one attached hydrogen (secondary N) is 2. The zero-order valence-corrected chi connectivity index (χ0v) is 11.0. The Bertz CT molecular complexity index is 699. The van der Waals surface area contributed by atoms with Crippen LogP contribution in [0.15, 0.2) is 23.1 Å². The maximum atomic E-state index is 13.1. The van der Waals surface area contributed by atoms with Crippen LogP contribution >= 0.6 is 0 Å². The SMILES string of the molecule is COc1n[nH]c(NS(=O)(=O)c2cc(F)ccc2C)n1. The second-order valence-corrected chi connectivity index (χ2v) is 5.34. The predicted molar refractivity (Wildman–Crippen MR) is 64.9 cm³/mol. The van der Waals surface area contributed by atoms with Gasteiger partial charge in [-0.3, -0.25) is 0 Å². The van der Waals surface area contributed by atoms with Gasteiger partial charge in [-0.05, 0) is 24.6 Å². The lowest BCUT2D eigenvalue weighted by atomic mass is 10.2. The van der Waals surface area contributed by atoms with Crippen LogP contribution in [-0.2, 0) is 10.0 Å². The van der Waals surface area contributed by atoms with Gasteiger partial charge in [-0.25, -0.2) is 22.6 Å². The molecule has 0 saturated carbocycles. The Kier molecular flexibility index (Phi) is 3.38. The van der Waals surface area contributed by atoms with E-state index in [9.17, 15) is 12.8 Å². The highest BCUT2D eigenvalue weighted by Gasteiger charge is 2.19. The third-order valence-corrected chi connectivity index (χ3v) is 3.80. The van der Waals surface area contributed by atoms with Crippen LogP contribution in [0, 0.1) is 12.7 Å². The number of anilines is 1. The lowest BCUT2D eigenvalue weighted by molar-refractivity contribution is 0.382. The number of rotatable bonds is 4. The summed E-state index contributed by atoms with van der Waals surface area (Å²) >= 11 is 0. The first-order valence-corrected chi connectivity index (χ1v) is 6.66. The van der Waals surface area contributed by atoms with Crippen molar-refractivity contribution in [2.24, 2.45) is 0 Å². The maximum absolute atomic E-state index is 13.1. The number of methoxy groups -OCH3 is 1. The molecule has 0 aliphatic carbocycles. The van der Waals surface area contributed by atoms with Gasteiger partial charge in [0.15, 0.2) is 0 Å². The fraction of sp³-hybridized carbons (Fsp3) is 0.200. The highest BCUT2D eigenvalue weighted by atomic mass is 32.2. The summed E-state index contributed by atoms with van der Waals surface area (Å²) in [5.41, 5.74) is 0.417. The average molecular weight is 286 g/mol. The number of nitrogens with zero attached hydrogens (tertiary/aromatic N) is 2. The second-order valence-electron chi connectivity index (χ2n) is 3.69. The Morgan fingerprint density at radius 1 is 1.42 bits per heavy atom. The summed E-state index contributed by atoms with van der Waals surface area (Å²) < 4.78 is 44.1. The van der Waals surface area contributed by atoms with Gasteiger partial charge >= 0.3 is 6.01 Å². The van der Waals surface area contributed by atoms with Gasteiger partial charge in [0.25, 0.3) is 10.0 Å². The zero-order chi connectivity index (χ0) is 14.0. The molecule has 0 amide bonds. The summed E-state index contributed by atoms with van der Waals surface area (Å²) in [6.45, 7) is 1.56. The van der Waals surface area contributed by atoms with Crippen molar-refractivity contribution in [2.45, 2.75) is 11.8 Å². The molecule has 0 spiro atoms. The van der Waals surface area contributed by atoms with E-state index in [1.165, 1.54) is 19.2 Å². The molecule has 2 rings (SSSR count). The van der Waals surface area contributed by atoms with E-state index in [0.29, 0.717) is 5.56 Å². The summed E-state index contributed by atoms with van der Waals surface area (Å²) in [6.07, 6.45) is 0.